The smallest absolute Gasteiger partial charge is 0.235 e. The van der Waals surface area contributed by atoms with E-state index in [0.717, 1.165) is 5.56 Å². The third-order valence-electron chi connectivity index (χ3n) is 3.58. The maximum Gasteiger partial charge on any atom is 0.235 e. The molecule has 21 heavy (non-hydrogen) atoms. The van der Waals surface area contributed by atoms with Gasteiger partial charge in [-0.1, -0.05) is 34.1 Å². The van der Waals surface area contributed by atoms with Crippen molar-refractivity contribution >= 4 is 41.5 Å². The molecule has 0 amide bonds. The van der Waals surface area contributed by atoms with Crippen LogP contribution in [0.3, 0.4) is 0 Å². The highest BCUT2D eigenvalue weighted by atomic mass is 79.9. The molecule has 0 spiro atoms. The van der Waals surface area contributed by atoms with Crippen molar-refractivity contribution in [3.05, 3.63) is 29.8 Å². The SMILES string of the molecule is CC(Br)c1ccccc1NS(=O)(=O)C1CCS(=O)(=O)CC1. The van der Waals surface area contributed by atoms with Gasteiger partial charge in [0.15, 0.2) is 0 Å². The molecule has 1 heterocycles. The fourth-order valence-corrected chi connectivity index (χ4v) is 6.06. The minimum atomic E-state index is -3.58. The van der Waals surface area contributed by atoms with E-state index in [1.165, 1.54) is 0 Å². The number of sulfonamides is 1. The minimum Gasteiger partial charge on any atom is -0.283 e. The summed E-state index contributed by atoms with van der Waals surface area (Å²) in [6.45, 7) is 1.92. The van der Waals surface area contributed by atoms with Gasteiger partial charge in [-0.25, -0.2) is 16.8 Å². The summed E-state index contributed by atoms with van der Waals surface area (Å²) in [7, 11) is -6.65. The molecule has 0 saturated carbocycles. The third-order valence-corrected chi connectivity index (χ3v) is 7.64. The second kappa shape index (κ2) is 6.26. The maximum atomic E-state index is 12.4. The summed E-state index contributed by atoms with van der Waals surface area (Å²) in [5.41, 5.74) is 1.39. The zero-order chi connectivity index (χ0) is 15.7. The topological polar surface area (TPSA) is 80.3 Å². The number of halogens is 1. The molecule has 118 valence electrons. The number of rotatable bonds is 4. The lowest BCUT2D eigenvalue weighted by Gasteiger charge is -2.23. The number of hydrogen-bond donors (Lipinski definition) is 1. The molecule has 1 aliphatic heterocycles. The summed E-state index contributed by atoms with van der Waals surface area (Å²) in [4.78, 5) is 0.0168. The lowest BCUT2D eigenvalue weighted by atomic mass is 10.1. The number of alkyl halides is 1. The summed E-state index contributed by atoms with van der Waals surface area (Å²) in [5.74, 6) is -0.121. The zero-order valence-corrected chi connectivity index (χ0v) is 14.8. The fourth-order valence-electron chi connectivity index (χ4n) is 2.35. The monoisotopic (exact) mass is 395 g/mol. The summed E-state index contributed by atoms with van der Waals surface area (Å²) in [5, 5.41) is -0.653. The number of nitrogens with one attached hydrogen (secondary N) is 1. The van der Waals surface area contributed by atoms with Gasteiger partial charge in [-0.3, -0.25) is 4.72 Å². The molecule has 1 fully saturated rings. The van der Waals surface area contributed by atoms with Gasteiger partial charge in [0.2, 0.25) is 10.0 Å². The van der Waals surface area contributed by atoms with E-state index in [2.05, 4.69) is 20.7 Å². The Kier molecular flexibility index (Phi) is 4.99. The maximum absolute atomic E-state index is 12.4. The second-order valence-corrected chi connectivity index (χ2v) is 10.8. The van der Waals surface area contributed by atoms with Gasteiger partial charge < -0.3 is 0 Å². The number of hydrogen-bond acceptors (Lipinski definition) is 4. The molecule has 2 rings (SSSR count). The lowest BCUT2D eigenvalue weighted by molar-refractivity contribution is 0.555. The molecule has 1 atom stereocenters. The van der Waals surface area contributed by atoms with Crippen LogP contribution in [-0.4, -0.2) is 33.6 Å². The molecule has 0 bridgehead atoms. The summed E-state index contributed by atoms with van der Waals surface area (Å²) < 4.78 is 50.3. The molecule has 1 aliphatic rings. The Morgan fingerprint density at radius 1 is 1.24 bits per heavy atom. The Hall–Kier alpha value is -0.600. The molecule has 8 heteroatoms. The van der Waals surface area contributed by atoms with E-state index in [1.54, 1.807) is 12.1 Å². The first-order chi connectivity index (χ1) is 9.71. The highest BCUT2D eigenvalue weighted by molar-refractivity contribution is 9.09. The van der Waals surface area contributed by atoms with Crippen LogP contribution in [0.15, 0.2) is 24.3 Å². The van der Waals surface area contributed by atoms with Gasteiger partial charge in [-0.2, -0.15) is 0 Å². The van der Waals surface area contributed by atoms with E-state index in [0.29, 0.717) is 5.69 Å². The van der Waals surface area contributed by atoms with E-state index >= 15 is 0 Å². The Balaban J connectivity index is 2.19. The van der Waals surface area contributed by atoms with Gasteiger partial charge in [0, 0.05) is 4.83 Å². The predicted octanol–water partition coefficient (Wildman–Crippen LogP) is 2.46. The van der Waals surface area contributed by atoms with Crippen molar-refractivity contribution in [3.63, 3.8) is 0 Å². The number of anilines is 1. The van der Waals surface area contributed by atoms with Gasteiger partial charge in [0.1, 0.15) is 9.84 Å². The standard InChI is InChI=1S/C13H18BrNO4S2/c1-10(14)12-4-2-3-5-13(12)15-21(18,19)11-6-8-20(16,17)9-7-11/h2-5,10-11,15H,6-9H2,1H3. The molecule has 0 aromatic heterocycles. The average Bonchev–Trinajstić information content (AvgIpc) is 2.38. The van der Waals surface area contributed by atoms with Gasteiger partial charge >= 0.3 is 0 Å². The Bertz CT molecular complexity index is 699. The van der Waals surface area contributed by atoms with E-state index < -0.39 is 25.1 Å². The Morgan fingerprint density at radius 2 is 1.81 bits per heavy atom. The third kappa shape index (κ3) is 4.20. The predicted molar refractivity (Wildman–Crippen MR) is 88.0 cm³/mol. The lowest BCUT2D eigenvalue weighted by Crippen LogP contribution is -2.36. The van der Waals surface area contributed by atoms with Crippen LogP contribution in [0.5, 0.6) is 0 Å². The molecule has 1 unspecified atom stereocenters. The van der Waals surface area contributed by atoms with Gasteiger partial charge in [-0.15, -0.1) is 0 Å². The van der Waals surface area contributed by atoms with Crippen molar-refractivity contribution in [3.8, 4) is 0 Å². The van der Waals surface area contributed by atoms with Crippen LogP contribution in [0.2, 0.25) is 0 Å². The van der Waals surface area contributed by atoms with Gasteiger partial charge in [0.05, 0.1) is 22.4 Å². The van der Waals surface area contributed by atoms with E-state index in [-0.39, 0.29) is 29.2 Å². The van der Waals surface area contributed by atoms with Gasteiger partial charge in [-0.05, 0) is 31.4 Å². The van der Waals surface area contributed by atoms with Crippen molar-refractivity contribution in [1.82, 2.24) is 0 Å². The largest absolute Gasteiger partial charge is 0.283 e. The highest BCUT2D eigenvalue weighted by Crippen LogP contribution is 2.30. The zero-order valence-electron chi connectivity index (χ0n) is 11.6. The van der Waals surface area contributed by atoms with Crippen LogP contribution in [0.25, 0.3) is 0 Å². The van der Waals surface area contributed by atoms with Crippen molar-refractivity contribution in [2.45, 2.75) is 29.8 Å². The van der Waals surface area contributed by atoms with Crippen LogP contribution >= 0.6 is 15.9 Å². The Labute approximate surface area is 134 Å². The molecule has 1 aromatic carbocycles. The van der Waals surface area contributed by atoms with Crippen LogP contribution in [0.1, 0.15) is 30.2 Å². The molecule has 1 saturated heterocycles. The molecule has 0 radical (unpaired) electrons. The summed E-state index contributed by atoms with van der Waals surface area (Å²) in [6, 6.07) is 7.17. The highest BCUT2D eigenvalue weighted by Gasteiger charge is 2.33. The average molecular weight is 396 g/mol. The minimum absolute atomic E-state index is 0.0168. The number of sulfone groups is 1. The van der Waals surface area contributed by atoms with Gasteiger partial charge in [0.25, 0.3) is 0 Å². The van der Waals surface area contributed by atoms with Crippen LogP contribution in [0, 0.1) is 0 Å². The van der Waals surface area contributed by atoms with E-state index in [1.807, 2.05) is 19.1 Å². The number of benzene rings is 1. The molecule has 1 aromatic rings. The van der Waals surface area contributed by atoms with Crippen LogP contribution < -0.4 is 4.72 Å². The quantitative estimate of drug-likeness (QED) is 0.793. The van der Waals surface area contributed by atoms with Crippen LogP contribution in [-0.2, 0) is 19.9 Å². The summed E-state index contributed by atoms with van der Waals surface area (Å²) >= 11 is 3.44. The molecule has 0 aliphatic carbocycles. The fraction of sp³-hybridized carbons (Fsp3) is 0.538. The molecule has 5 nitrogen and oxygen atoms in total. The van der Waals surface area contributed by atoms with Crippen molar-refractivity contribution < 1.29 is 16.8 Å². The normalized spacial score (nSPS) is 20.9. The molecule has 1 N–H and O–H groups in total. The van der Waals surface area contributed by atoms with Crippen LogP contribution in [0.4, 0.5) is 5.69 Å². The first-order valence-electron chi connectivity index (χ1n) is 6.66. The Morgan fingerprint density at radius 3 is 2.38 bits per heavy atom. The number of para-hydroxylation sites is 1. The first kappa shape index (κ1) is 16.8. The van der Waals surface area contributed by atoms with E-state index in [4.69, 9.17) is 0 Å². The molecular formula is C13H18BrNO4S2. The summed E-state index contributed by atoms with van der Waals surface area (Å²) in [6.07, 6.45) is 0.313. The first-order valence-corrected chi connectivity index (χ1v) is 10.9. The van der Waals surface area contributed by atoms with E-state index in [9.17, 15) is 16.8 Å². The second-order valence-electron chi connectivity index (χ2n) is 5.20. The van der Waals surface area contributed by atoms with Crippen molar-refractivity contribution in [2.24, 2.45) is 0 Å². The molecular weight excluding hydrogens is 378 g/mol. The van der Waals surface area contributed by atoms with Crippen molar-refractivity contribution in [1.29, 1.82) is 0 Å². The van der Waals surface area contributed by atoms with Crippen molar-refractivity contribution in [2.75, 3.05) is 16.2 Å².